The Bertz CT molecular complexity index is 1230. The van der Waals surface area contributed by atoms with Gasteiger partial charge in [0.1, 0.15) is 0 Å². The van der Waals surface area contributed by atoms with Gasteiger partial charge in [-0.3, -0.25) is 4.79 Å². The molecular formula is C28H28ClN3OS. The predicted molar refractivity (Wildman–Crippen MR) is 143 cm³/mol. The number of amides is 1. The highest BCUT2D eigenvalue weighted by Crippen LogP contribution is 2.36. The maximum absolute atomic E-state index is 12.3. The summed E-state index contributed by atoms with van der Waals surface area (Å²) in [7, 11) is 0. The lowest BCUT2D eigenvalue weighted by Gasteiger charge is -2.11. The molecule has 4 nitrogen and oxygen atoms in total. The second kappa shape index (κ2) is 11.9. The zero-order valence-electron chi connectivity index (χ0n) is 19.2. The zero-order valence-corrected chi connectivity index (χ0v) is 20.8. The van der Waals surface area contributed by atoms with E-state index in [1.54, 1.807) is 23.9 Å². The lowest BCUT2D eigenvalue weighted by molar-refractivity contribution is 0.0953. The molecule has 1 N–H and O–H groups in total. The van der Waals surface area contributed by atoms with Crippen molar-refractivity contribution >= 4 is 29.3 Å². The summed E-state index contributed by atoms with van der Waals surface area (Å²) < 4.78 is 2.31. The maximum Gasteiger partial charge on any atom is 0.252 e. The predicted octanol–water partition coefficient (Wildman–Crippen LogP) is 7.19. The van der Waals surface area contributed by atoms with Crippen molar-refractivity contribution in [2.45, 2.75) is 31.5 Å². The molecule has 0 saturated carbocycles. The van der Waals surface area contributed by atoms with Gasteiger partial charge in [0.15, 0.2) is 5.16 Å². The number of unbranched alkanes of at least 4 members (excludes halogenated alkanes) is 1. The lowest BCUT2D eigenvalue weighted by atomic mass is 10.0. The van der Waals surface area contributed by atoms with Gasteiger partial charge in [0.25, 0.3) is 5.91 Å². The Morgan fingerprint density at radius 3 is 2.24 bits per heavy atom. The number of hydrogen-bond donors (Lipinski definition) is 1. The Morgan fingerprint density at radius 1 is 0.912 bits per heavy atom. The molecule has 0 unspecified atom stereocenters. The number of carbonyl (C=O) groups excluding carboxylic acids is 1. The van der Waals surface area contributed by atoms with Gasteiger partial charge in [-0.1, -0.05) is 96.2 Å². The van der Waals surface area contributed by atoms with Crippen molar-refractivity contribution in [2.75, 3.05) is 12.3 Å². The third-order valence-corrected chi connectivity index (χ3v) is 6.94. The molecule has 0 radical (unpaired) electrons. The Hall–Kier alpha value is -3.02. The third kappa shape index (κ3) is 5.72. The molecule has 0 spiro atoms. The fraction of sp³-hybridized carbons (Fsp3) is 0.214. The molecule has 34 heavy (non-hydrogen) atoms. The Kier molecular flexibility index (Phi) is 8.45. The molecule has 0 saturated heterocycles. The van der Waals surface area contributed by atoms with E-state index < -0.39 is 0 Å². The van der Waals surface area contributed by atoms with Crippen molar-refractivity contribution in [3.63, 3.8) is 0 Å². The van der Waals surface area contributed by atoms with E-state index in [1.807, 2.05) is 24.3 Å². The van der Waals surface area contributed by atoms with Crippen LogP contribution in [0.4, 0.5) is 0 Å². The summed E-state index contributed by atoms with van der Waals surface area (Å²) in [5.74, 6) is 0.807. The van der Waals surface area contributed by atoms with Gasteiger partial charge in [-0.25, -0.2) is 4.98 Å². The van der Waals surface area contributed by atoms with Crippen molar-refractivity contribution in [1.82, 2.24) is 14.9 Å². The molecule has 1 heterocycles. The fourth-order valence-corrected chi connectivity index (χ4v) is 5.14. The van der Waals surface area contributed by atoms with Crippen LogP contribution in [0.15, 0.2) is 90.1 Å². The monoisotopic (exact) mass is 489 g/mol. The standard InChI is InChI=1S/C28H28ClN3OS/c1-2-32-26(22-15-7-4-8-16-22)25(21-13-5-3-6-14-21)31-28(32)34-20-12-11-19-30-27(33)23-17-9-10-18-24(23)29/h3-10,13-18H,2,11-12,19-20H2,1H3,(H,30,33). The summed E-state index contributed by atoms with van der Waals surface area (Å²) in [5, 5.41) is 4.47. The van der Waals surface area contributed by atoms with Crippen LogP contribution in [-0.2, 0) is 6.54 Å². The molecule has 4 rings (SSSR count). The van der Waals surface area contributed by atoms with E-state index in [2.05, 4.69) is 65.3 Å². The zero-order chi connectivity index (χ0) is 23.8. The van der Waals surface area contributed by atoms with Gasteiger partial charge in [-0.2, -0.15) is 0 Å². The first-order valence-electron chi connectivity index (χ1n) is 11.6. The maximum atomic E-state index is 12.3. The molecule has 174 valence electrons. The highest BCUT2D eigenvalue weighted by molar-refractivity contribution is 7.99. The second-order valence-electron chi connectivity index (χ2n) is 7.86. The first-order valence-corrected chi connectivity index (χ1v) is 12.9. The van der Waals surface area contributed by atoms with Crippen molar-refractivity contribution in [2.24, 2.45) is 0 Å². The second-order valence-corrected chi connectivity index (χ2v) is 9.33. The number of nitrogens with zero attached hydrogens (tertiary/aromatic N) is 2. The van der Waals surface area contributed by atoms with E-state index in [9.17, 15) is 4.79 Å². The minimum absolute atomic E-state index is 0.125. The first-order chi connectivity index (χ1) is 16.7. The highest BCUT2D eigenvalue weighted by atomic mass is 35.5. The SMILES string of the molecule is CCn1c(SCCCCNC(=O)c2ccccc2Cl)nc(-c2ccccc2)c1-c1ccccc1. The van der Waals surface area contributed by atoms with Crippen molar-refractivity contribution in [3.8, 4) is 22.5 Å². The van der Waals surface area contributed by atoms with Crippen molar-refractivity contribution < 1.29 is 4.79 Å². The summed E-state index contributed by atoms with van der Waals surface area (Å²) >= 11 is 7.88. The summed E-state index contributed by atoms with van der Waals surface area (Å²) in [6, 6.07) is 28.0. The Morgan fingerprint density at radius 2 is 1.56 bits per heavy atom. The molecule has 0 atom stereocenters. The van der Waals surface area contributed by atoms with Crippen LogP contribution >= 0.6 is 23.4 Å². The Labute approximate surface area is 210 Å². The topological polar surface area (TPSA) is 46.9 Å². The summed E-state index contributed by atoms with van der Waals surface area (Å²) in [5.41, 5.74) is 4.99. The van der Waals surface area contributed by atoms with Gasteiger partial charge in [0, 0.05) is 30.0 Å². The molecule has 4 aromatic rings. The first kappa shape index (κ1) is 24.1. The molecule has 0 fully saturated rings. The largest absolute Gasteiger partial charge is 0.352 e. The number of imidazole rings is 1. The quantitative estimate of drug-likeness (QED) is 0.189. The van der Waals surface area contributed by atoms with E-state index in [-0.39, 0.29) is 5.91 Å². The van der Waals surface area contributed by atoms with Crippen LogP contribution in [0, 0.1) is 0 Å². The molecule has 0 aliphatic carbocycles. The summed E-state index contributed by atoms with van der Waals surface area (Å²) in [4.78, 5) is 17.4. The van der Waals surface area contributed by atoms with Gasteiger partial charge in [-0.05, 0) is 31.9 Å². The van der Waals surface area contributed by atoms with Gasteiger partial charge in [0.2, 0.25) is 0 Å². The van der Waals surface area contributed by atoms with Crippen LogP contribution in [-0.4, -0.2) is 27.8 Å². The molecule has 0 bridgehead atoms. The number of nitrogens with one attached hydrogen (secondary N) is 1. The van der Waals surface area contributed by atoms with E-state index >= 15 is 0 Å². The van der Waals surface area contributed by atoms with E-state index in [1.165, 1.54) is 5.56 Å². The lowest BCUT2D eigenvalue weighted by Crippen LogP contribution is -2.24. The number of benzene rings is 3. The molecule has 1 amide bonds. The van der Waals surface area contributed by atoms with E-state index in [0.717, 1.165) is 47.2 Å². The van der Waals surface area contributed by atoms with Crippen LogP contribution < -0.4 is 5.32 Å². The fourth-order valence-electron chi connectivity index (χ4n) is 3.85. The third-order valence-electron chi connectivity index (χ3n) is 5.55. The van der Waals surface area contributed by atoms with Gasteiger partial charge in [-0.15, -0.1) is 0 Å². The van der Waals surface area contributed by atoms with Gasteiger partial charge in [0.05, 0.1) is 22.0 Å². The molecule has 3 aromatic carbocycles. The molecule has 1 aromatic heterocycles. The summed E-state index contributed by atoms with van der Waals surface area (Å²) in [6.07, 6.45) is 1.87. The van der Waals surface area contributed by atoms with E-state index in [0.29, 0.717) is 17.1 Å². The van der Waals surface area contributed by atoms with Crippen LogP contribution in [0.3, 0.4) is 0 Å². The molecule has 0 aliphatic rings. The number of aromatic nitrogens is 2. The molecule has 0 aliphatic heterocycles. The molecular weight excluding hydrogens is 462 g/mol. The average Bonchev–Trinajstić information content (AvgIpc) is 3.25. The molecule has 6 heteroatoms. The Balaban J connectivity index is 1.41. The minimum atomic E-state index is -0.125. The van der Waals surface area contributed by atoms with Gasteiger partial charge < -0.3 is 9.88 Å². The number of halogens is 1. The van der Waals surface area contributed by atoms with Crippen LogP contribution in [0.2, 0.25) is 5.02 Å². The highest BCUT2D eigenvalue weighted by Gasteiger charge is 2.19. The number of carbonyl (C=O) groups is 1. The van der Waals surface area contributed by atoms with Gasteiger partial charge >= 0.3 is 0 Å². The number of rotatable bonds is 10. The number of thioether (sulfide) groups is 1. The normalized spacial score (nSPS) is 10.9. The van der Waals surface area contributed by atoms with E-state index in [4.69, 9.17) is 16.6 Å². The average molecular weight is 490 g/mol. The van der Waals surface area contributed by atoms with Crippen LogP contribution in [0.1, 0.15) is 30.1 Å². The smallest absolute Gasteiger partial charge is 0.252 e. The summed E-state index contributed by atoms with van der Waals surface area (Å²) in [6.45, 7) is 3.63. The van der Waals surface area contributed by atoms with Crippen LogP contribution in [0.5, 0.6) is 0 Å². The van der Waals surface area contributed by atoms with Crippen molar-refractivity contribution in [3.05, 3.63) is 95.5 Å². The van der Waals surface area contributed by atoms with Crippen LogP contribution in [0.25, 0.3) is 22.5 Å². The number of hydrogen-bond acceptors (Lipinski definition) is 3. The van der Waals surface area contributed by atoms with Crippen molar-refractivity contribution in [1.29, 1.82) is 0 Å². The minimum Gasteiger partial charge on any atom is -0.352 e.